The zero-order chi connectivity index (χ0) is 80.8. The van der Waals surface area contributed by atoms with Crippen LogP contribution in [0.3, 0.4) is 0 Å². The Morgan fingerprint density at radius 1 is 0.308 bits per heavy atom. The Balaban J connectivity index is 0. The zero-order valence-corrected chi connectivity index (χ0v) is 67.8. The summed E-state index contributed by atoms with van der Waals surface area (Å²) in [4.78, 5) is 159. The molecule has 0 saturated heterocycles. The maximum absolute atomic E-state index is 11.6. The SMILES string of the molecule is CC(C)(C)NC(=O)C(=O)NC1CC1.CC(C)(C)NC(=O)C(=O)NC1CCCC1.CC(C)(C)NC(=O)C(=O)NC1CCCCC1.CC(C)(C)NC(=O)C(=O)NCC1CCCCC1.CC(C)(C)NC(=O)C(=O)Nc1ccccc1.CC(C)CNC(=O)C(=O)NC(C)(C)C.CC(C)NC(=O)C(=O)NC(C)(C)C. The van der Waals surface area contributed by atoms with Crippen molar-refractivity contribution in [3.05, 3.63) is 30.3 Å². The molecule has 0 radical (unpaired) electrons. The number of para-hydroxylation sites is 1. The summed E-state index contributed by atoms with van der Waals surface area (Å²) in [5.41, 5.74) is -1.97. The lowest BCUT2D eigenvalue weighted by Crippen LogP contribution is -2.50. The molecule has 0 unspecified atom stereocenters. The van der Waals surface area contributed by atoms with Gasteiger partial charge in [0.15, 0.2) is 0 Å². The molecule has 594 valence electrons. The molecule has 0 bridgehead atoms. The van der Waals surface area contributed by atoms with E-state index < -0.39 is 88.2 Å². The van der Waals surface area contributed by atoms with Crippen LogP contribution in [0.2, 0.25) is 0 Å². The van der Waals surface area contributed by atoms with Gasteiger partial charge < -0.3 is 74.4 Å². The van der Waals surface area contributed by atoms with E-state index >= 15 is 0 Å². The van der Waals surface area contributed by atoms with Gasteiger partial charge in [-0.2, -0.15) is 0 Å². The molecule has 0 heterocycles. The molecule has 4 saturated carbocycles. The summed E-state index contributed by atoms with van der Waals surface area (Å²) in [6.45, 7) is 47.4. The number of benzene rings is 1. The minimum Gasteiger partial charge on any atom is -0.348 e. The van der Waals surface area contributed by atoms with Crippen LogP contribution in [0, 0.1) is 11.8 Å². The molecular weight excluding hydrogens is 1330 g/mol. The fourth-order valence-corrected chi connectivity index (χ4v) is 9.20. The molecule has 28 nitrogen and oxygen atoms in total. The van der Waals surface area contributed by atoms with Crippen molar-refractivity contribution in [2.24, 2.45) is 11.8 Å². The largest absolute Gasteiger partial charge is 0.348 e. The Morgan fingerprint density at radius 3 is 0.856 bits per heavy atom. The highest BCUT2D eigenvalue weighted by Gasteiger charge is 2.30. The first kappa shape index (κ1) is 97.9. The van der Waals surface area contributed by atoms with Crippen LogP contribution in [-0.4, -0.2) is 159 Å². The van der Waals surface area contributed by atoms with Crippen molar-refractivity contribution in [1.29, 1.82) is 0 Å². The van der Waals surface area contributed by atoms with Gasteiger partial charge in [-0.3, -0.25) is 67.1 Å². The van der Waals surface area contributed by atoms with Crippen molar-refractivity contribution < 1.29 is 67.1 Å². The average Bonchev–Trinajstić information content (AvgIpc) is 1.70. The smallest absolute Gasteiger partial charge is 0.313 e. The third-order valence-corrected chi connectivity index (χ3v) is 13.8. The molecule has 0 aliphatic heterocycles. The Kier molecular flexibility index (Phi) is 43.8. The molecule has 1 aromatic rings. The van der Waals surface area contributed by atoms with E-state index in [4.69, 9.17) is 0 Å². The van der Waals surface area contributed by atoms with Crippen molar-refractivity contribution in [3.8, 4) is 0 Å². The van der Waals surface area contributed by atoms with E-state index in [9.17, 15) is 67.1 Å². The van der Waals surface area contributed by atoms with Gasteiger partial charge in [-0.1, -0.05) is 83.4 Å². The number of carbonyl (C=O) groups is 14. The summed E-state index contributed by atoms with van der Waals surface area (Å²) in [6, 6.07) is 9.47. The number of nitrogens with one attached hydrogen (secondary N) is 14. The van der Waals surface area contributed by atoms with Crippen molar-refractivity contribution in [1.82, 2.24) is 69.1 Å². The number of rotatable bonds is 9. The normalized spacial score (nSPS) is 14.8. The molecule has 5 rings (SSSR count). The quantitative estimate of drug-likeness (QED) is 0.114. The van der Waals surface area contributed by atoms with Crippen molar-refractivity contribution in [3.63, 3.8) is 0 Å². The van der Waals surface area contributed by atoms with Crippen LogP contribution in [-0.2, 0) is 67.1 Å². The first-order chi connectivity index (χ1) is 47.4. The maximum Gasteiger partial charge on any atom is 0.313 e. The number of anilines is 1. The summed E-state index contributed by atoms with van der Waals surface area (Å²) in [5, 5.41) is 36.8. The Hall–Kier alpha value is -8.20. The third-order valence-electron chi connectivity index (χ3n) is 13.8. The maximum atomic E-state index is 11.6. The van der Waals surface area contributed by atoms with Gasteiger partial charge in [-0.25, -0.2) is 0 Å². The molecule has 4 fully saturated rings. The van der Waals surface area contributed by atoms with Gasteiger partial charge >= 0.3 is 82.7 Å². The van der Waals surface area contributed by atoms with Gasteiger partial charge in [-0.05, 0) is 235 Å². The first-order valence-electron chi connectivity index (χ1n) is 36.8. The topological polar surface area (TPSA) is 407 Å². The zero-order valence-electron chi connectivity index (χ0n) is 67.8. The number of carbonyl (C=O) groups excluding carboxylic acids is 14. The van der Waals surface area contributed by atoms with E-state index in [2.05, 4.69) is 74.4 Å². The van der Waals surface area contributed by atoms with Gasteiger partial charge in [0.05, 0.1) is 0 Å². The Labute approximate surface area is 621 Å². The second-order valence-corrected chi connectivity index (χ2v) is 34.7. The van der Waals surface area contributed by atoms with E-state index in [-0.39, 0.29) is 57.4 Å². The van der Waals surface area contributed by atoms with Crippen LogP contribution in [0.1, 0.15) is 276 Å². The van der Waals surface area contributed by atoms with Crippen molar-refractivity contribution >= 4 is 88.4 Å². The molecule has 14 amide bonds. The lowest BCUT2D eigenvalue weighted by Gasteiger charge is -2.24. The number of hydrogen-bond acceptors (Lipinski definition) is 14. The van der Waals surface area contributed by atoms with Crippen LogP contribution >= 0.6 is 0 Å². The molecule has 104 heavy (non-hydrogen) atoms. The van der Waals surface area contributed by atoms with E-state index in [0.717, 1.165) is 64.2 Å². The van der Waals surface area contributed by atoms with Crippen LogP contribution in [0.15, 0.2) is 30.3 Å². The van der Waals surface area contributed by atoms with E-state index in [1.165, 1.54) is 38.5 Å². The van der Waals surface area contributed by atoms with Gasteiger partial charge in [0.1, 0.15) is 0 Å². The fourth-order valence-electron chi connectivity index (χ4n) is 9.20. The predicted octanol–water partition coefficient (Wildman–Crippen LogP) is 6.73. The number of amides is 14. The van der Waals surface area contributed by atoms with Crippen LogP contribution < -0.4 is 74.4 Å². The summed E-state index contributed by atoms with van der Waals surface area (Å²) >= 11 is 0. The summed E-state index contributed by atoms with van der Waals surface area (Å²) in [7, 11) is 0. The number of hydrogen-bond donors (Lipinski definition) is 14. The van der Waals surface area contributed by atoms with Crippen LogP contribution in [0.5, 0.6) is 0 Å². The summed E-state index contributed by atoms with van der Waals surface area (Å²) in [5.74, 6) is -6.84. The van der Waals surface area contributed by atoms with Crippen molar-refractivity contribution in [2.75, 3.05) is 18.4 Å². The van der Waals surface area contributed by atoms with Crippen molar-refractivity contribution in [2.45, 2.75) is 339 Å². The molecule has 0 spiro atoms. The summed E-state index contributed by atoms with van der Waals surface area (Å²) < 4.78 is 0. The van der Waals surface area contributed by atoms with Crippen LogP contribution in [0.25, 0.3) is 0 Å². The first-order valence-corrected chi connectivity index (χ1v) is 36.8. The minimum atomic E-state index is -0.652. The molecule has 0 aromatic heterocycles. The highest BCUT2D eigenvalue weighted by molar-refractivity contribution is 6.40. The molecule has 4 aliphatic rings. The highest BCUT2D eigenvalue weighted by atomic mass is 16.2. The Bertz CT molecular complexity index is 2860. The lowest BCUT2D eigenvalue weighted by molar-refractivity contribution is -0.140. The Morgan fingerprint density at radius 2 is 0.567 bits per heavy atom. The van der Waals surface area contributed by atoms with E-state index in [1.807, 2.05) is 179 Å². The highest BCUT2D eigenvalue weighted by Crippen LogP contribution is 2.23. The van der Waals surface area contributed by atoms with Crippen LogP contribution in [0.4, 0.5) is 5.69 Å². The lowest BCUT2D eigenvalue weighted by atomic mass is 9.89. The second kappa shape index (κ2) is 46.6. The summed E-state index contributed by atoms with van der Waals surface area (Å²) in [6.07, 6.45) is 17.9. The predicted molar refractivity (Wildman–Crippen MR) is 408 cm³/mol. The molecule has 14 N–H and O–H groups in total. The molecule has 28 heteroatoms. The van der Waals surface area contributed by atoms with Gasteiger partial charge in [0, 0.05) is 81.7 Å². The van der Waals surface area contributed by atoms with Gasteiger partial charge in [0.2, 0.25) is 0 Å². The molecule has 0 atom stereocenters. The average molecular weight is 1470 g/mol. The standard InChI is InChI=1S/C13H24N2O2.C12H22N2O2.C12H16N2O2.C11H20N2O2.C10H20N2O2.C9H16N2O2.C9H18N2O2/c1-13(2,3)15-12(17)11(16)14-9-10-7-5-4-6-8-10;2*1-12(2,3)14-11(16)10(15)13-9-7-5-4-6-8-9;1-11(2,3)13-10(15)9(14)12-8-6-4-5-7-8;1-7(2)6-11-8(13)9(14)12-10(3,4)5;1-9(2,3)11-8(13)7(12)10-6-4-5-6;1-6(2)10-7(12)8(13)11-9(3,4)5/h10H,4-9H2,1-3H3,(H,14,16)(H,15,17);9H,4-8H2,1-3H3,(H,13,15)(H,14,16);4-8H,1-3H3,(H,13,15)(H,14,16);8H,4-7H2,1-3H3,(H,12,14)(H,13,15);7H,6H2,1-5H3,(H,11,13)(H,12,14);6H,4-5H2,1-3H3,(H,10,12)(H,11,13);6H,1-5H3,(H,10,12)(H,11,13). The van der Waals surface area contributed by atoms with Gasteiger partial charge in [0.25, 0.3) is 0 Å². The third kappa shape index (κ3) is 57.2. The van der Waals surface area contributed by atoms with E-state index in [1.54, 1.807) is 24.3 Å². The second-order valence-electron chi connectivity index (χ2n) is 34.7. The minimum absolute atomic E-state index is 0.0155. The molecular formula is C76H136N14O14. The van der Waals surface area contributed by atoms with Gasteiger partial charge in [-0.15, -0.1) is 0 Å². The molecule has 1 aromatic carbocycles. The van der Waals surface area contributed by atoms with E-state index in [0.29, 0.717) is 30.6 Å². The monoisotopic (exact) mass is 1470 g/mol. The fraction of sp³-hybridized carbons (Fsp3) is 0.737. The molecule has 4 aliphatic carbocycles.